The molecule has 6 nitrogen and oxygen atoms in total. The zero-order chi connectivity index (χ0) is 18.0. The van der Waals surface area contributed by atoms with Crippen molar-refractivity contribution in [2.24, 2.45) is 11.7 Å². The minimum absolute atomic E-state index is 0.0819. The standard InChI is InChI=1S/C17H27N3O3S/c1-17(2,3)20-24(22,23)14-8-5-7-13(11-14)19-16(21)10-12-6-4-9-15(12)18/h5,7-8,11-12,15,20H,4,6,9-10,18H2,1-3H3,(H,19,21)/t12-,15+/m0/s1. The lowest BCUT2D eigenvalue weighted by molar-refractivity contribution is -0.117. The van der Waals surface area contributed by atoms with E-state index >= 15 is 0 Å². The molecule has 0 unspecified atom stereocenters. The Morgan fingerprint density at radius 2 is 2.00 bits per heavy atom. The number of hydrogen-bond donors (Lipinski definition) is 3. The summed E-state index contributed by atoms with van der Waals surface area (Å²) in [5, 5.41) is 2.78. The van der Waals surface area contributed by atoms with Crippen LogP contribution in [0.1, 0.15) is 46.5 Å². The third kappa shape index (κ3) is 5.29. The Morgan fingerprint density at radius 3 is 2.58 bits per heavy atom. The number of nitrogens with one attached hydrogen (secondary N) is 2. The number of benzene rings is 1. The fraction of sp³-hybridized carbons (Fsp3) is 0.588. The van der Waals surface area contributed by atoms with Crippen molar-refractivity contribution >= 4 is 21.6 Å². The molecule has 24 heavy (non-hydrogen) atoms. The number of nitrogens with two attached hydrogens (primary N) is 1. The van der Waals surface area contributed by atoms with Gasteiger partial charge in [-0.25, -0.2) is 13.1 Å². The zero-order valence-electron chi connectivity index (χ0n) is 14.5. The van der Waals surface area contributed by atoms with Gasteiger partial charge in [0.15, 0.2) is 0 Å². The summed E-state index contributed by atoms with van der Waals surface area (Å²) < 4.78 is 27.3. The van der Waals surface area contributed by atoms with E-state index in [1.807, 2.05) is 0 Å². The maximum atomic E-state index is 12.4. The van der Waals surface area contributed by atoms with Gasteiger partial charge in [0.25, 0.3) is 0 Å². The number of carbonyl (C=O) groups is 1. The average Bonchev–Trinajstić information content (AvgIpc) is 2.82. The van der Waals surface area contributed by atoms with Crippen molar-refractivity contribution in [2.75, 3.05) is 5.32 Å². The Bertz CT molecular complexity index is 695. The highest BCUT2D eigenvalue weighted by Gasteiger charge is 2.26. The first-order valence-electron chi connectivity index (χ1n) is 8.26. The van der Waals surface area contributed by atoms with Crippen LogP contribution in [0, 0.1) is 5.92 Å². The molecule has 0 spiro atoms. The SMILES string of the molecule is CC(C)(C)NS(=O)(=O)c1cccc(NC(=O)C[C@@H]2CCC[C@H]2N)c1. The summed E-state index contributed by atoms with van der Waals surface area (Å²) in [6, 6.07) is 6.37. The van der Waals surface area contributed by atoms with Gasteiger partial charge < -0.3 is 11.1 Å². The third-order valence-corrected chi connectivity index (χ3v) is 5.79. The van der Waals surface area contributed by atoms with Crippen molar-refractivity contribution in [3.63, 3.8) is 0 Å². The molecule has 4 N–H and O–H groups in total. The van der Waals surface area contributed by atoms with Gasteiger partial charge in [-0.3, -0.25) is 4.79 Å². The summed E-state index contributed by atoms with van der Waals surface area (Å²) in [5.41, 5.74) is 5.90. The van der Waals surface area contributed by atoms with Crippen LogP contribution in [0.3, 0.4) is 0 Å². The molecule has 1 aromatic carbocycles. The number of anilines is 1. The first-order chi connectivity index (χ1) is 11.1. The second kappa shape index (κ2) is 7.21. The molecule has 1 saturated carbocycles. The number of hydrogen-bond acceptors (Lipinski definition) is 4. The van der Waals surface area contributed by atoms with Gasteiger partial charge in [-0.15, -0.1) is 0 Å². The van der Waals surface area contributed by atoms with Crippen molar-refractivity contribution in [3.8, 4) is 0 Å². The number of rotatable bonds is 5. The molecule has 1 aromatic rings. The molecule has 0 saturated heterocycles. The second-order valence-corrected chi connectivity index (χ2v) is 9.17. The van der Waals surface area contributed by atoms with Gasteiger partial charge in [0.2, 0.25) is 15.9 Å². The molecule has 7 heteroatoms. The van der Waals surface area contributed by atoms with Crippen LogP contribution < -0.4 is 15.8 Å². The van der Waals surface area contributed by atoms with E-state index in [2.05, 4.69) is 10.0 Å². The normalized spacial score (nSPS) is 21.7. The fourth-order valence-corrected chi connectivity index (χ4v) is 4.44. The molecule has 1 amide bonds. The zero-order valence-corrected chi connectivity index (χ0v) is 15.3. The Morgan fingerprint density at radius 1 is 1.29 bits per heavy atom. The highest BCUT2D eigenvalue weighted by atomic mass is 32.2. The fourth-order valence-electron chi connectivity index (χ4n) is 2.97. The molecule has 1 aliphatic carbocycles. The molecular formula is C17H27N3O3S. The minimum atomic E-state index is -3.63. The van der Waals surface area contributed by atoms with Crippen molar-refractivity contribution in [1.82, 2.24) is 4.72 Å². The van der Waals surface area contributed by atoms with E-state index in [-0.39, 0.29) is 22.8 Å². The number of amides is 1. The smallest absolute Gasteiger partial charge is 0.241 e. The largest absolute Gasteiger partial charge is 0.327 e. The predicted molar refractivity (Wildman–Crippen MR) is 95.1 cm³/mol. The van der Waals surface area contributed by atoms with Gasteiger partial charge in [-0.1, -0.05) is 12.5 Å². The molecule has 1 fully saturated rings. The summed E-state index contributed by atoms with van der Waals surface area (Å²) in [6.45, 7) is 5.34. The van der Waals surface area contributed by atoms with E-state index in [0.717, 1.165) is 19.3 Å². The van der Waals surface area contributed by atoms with Crippen molar-refractivity contribution in [3.05, 3.63) is 24.3 Å². The van der Waals surface area contributed by atoms with Gasteiger partial charge in [0, 0.05) is 23.7 Å². The van der Waals surface area contributed by atoms with Crippen LogP contribution in [0.4, 0.5) is 5.69 Å². The first-order valence-corrected chi connectivity index (χ1v) is 9.75. The number of sulfonamides is 1. The van der Waals surface area contributed by atoms with Gasteiger partial charge >= 0.3 is 0 Å². The van der Waals surface area contributed by atoms with Gasteiger partial charge in [0.05, 0.1) is 4.90 Å². The molecule has 0 radical (unpaired) electrons. The van der Waals surface area contributed by atoms with Crippen LogP contribution in [0.2, 0.25) is 0 Å². The maximum Gasteiger partial charge on any atom is 0.241 e. The Labute approximate surface area is 144 Å². The molecule has 0 bridgehead atoms. The maximum absolute atomic E-state index is 12.4. The van der Waals surface area contributed by atoms with Crippen LogP contribution in [0.5, 0.6) is 0 Å². The van der Waals surface area contributed by atoms with Gasteiger partial charge in [-0.05, 0) is 57.7 Å². The second-order valence-electron chi connectivity index (χ2n) is 7.49. The molecule has 2 atom stereocenters. The minimum Gasteiger partial charge on any atom is -0.327 e. The first kappa shape index (κ1) is 18.9. The van der Waals surface area contributed by atoms with Crippen molar-refractivity contribution < 1.29 is 13.2 Å². The highest BCUT2D eigenvalue weighted by molar-refractivity contribution is 7.89. The summed E-state index contributed by atoms with van der Waals surface area (Å²) >= 11 is 0. The highest BCUT2D eigenvalue weighted by Crippen LogP contribution is 2.27. The van der Waals surface area contributed by atoms with Crippen molar-refractivity contribution in [1.29, 1.82) is 0 Å². The van der Waals surface area contributed by atoms with Crippen LogP contribution in [-0.4, -0.2) is 25.9 Å². The monoisotopic (exact) mass is 353 g/mol. The van der Waals surface area contributed by atoms with Crippen LogP contribution in [0.25, 0.3) is 0 Å². The summed E-state index contributed by atoms with van der Waals surface area (Å²) in [7, 11) is -3.63. The Kier molecular flexibility index (Phi) is 5.67. The lowest BCUT2D eigenvalue weighted by atomic mass is 10.00. The van der Waals surface area contributed by atoms with E-state index in [4.69, 9.17) is 5.73 Å². The number of carbonyl (C=O) groups excluding carboxylic acids is 1. The Balaban J connectivity index is 2.06. The average molecular weight is 353 g/mol. The van der Waals surface area contributed by atoms with Crippen LogP contribution >= 0.6 is 0 Å². The Hall–Kier alpha value is -1.44. The summed E-state index contributed by atoms with van der Waals surface area (Å²) in [6.07, 6.45) is 3.37. The van der Waals surface area contributed by atoms with E-state index in [9.17, 15) is 13.2 Å². The van der Waals surface area contributed by atoms with Gasteiger partial charge in [-0.2, -0.15) is 0 Å². The third-order valence-electron chi connectivity index (χ3n) is 4.03. The van der Waals surface area contributed by atoms with E-state index in [0.29, 0.717) is 12.1 Å². The quantitative estimate of drug-likeness (QED) is 0.755. The van der Waals surface area contributed by atoms with E-state index in [1.54, 1.807) is 32.9 Å². The summed E-state index contributed by atoms with van der Waals surface area (Å²) in [5.74, 6) is 0.0788. The lowest BCUT2D eigenvalue weighted by Crippen LogP contribution is -2.40. The molecule has 0 aliphatic heterocycles. The lowest BCUT2D eigenvalue weighted by Gasteiger charge is -2.20. The van der Waals surface area contributed by atoms with Gasteiger partial charge in [0.1, 0.15) is 0 Å². The van der Waals surface area contributed by atoms with Crippen molar-refractivity contribution in [2.45, 2.75) is 62.9 Å². The molecular weight excluding hydrogens is 326 g/mol. The summed E-state index contributed by atoms with van der Waals surface area (Å²) in [4.78, 5) is 12.3. The molecule has 134 valence electrons. The van der Waals surface area contributed by atoms with E-state index < -0.39 is 15.6 Å². The predicted octanol–water partition coefficient (Wildman–Crippen LogP) is 2.22. The molecule has 1 aliphatic rings. The molecule has 0 aromatic heterocycles. The van der Waals surface area contributed by atoms with Crippen LogP contribution in [-0.2, 0) is 14.8 Å². The van der Waals surface area contributed by atoms with Crippen LogP contribution in [0.15, 0.2) is 29.2 Å². The van der Waals surface area contributed by atoms with E-state index in [1.165, 1.54) is 12.1 Å². The molecule has 0 heterocycles. The topological polar surface area (TPSA) is 101 Å². The molecule has 2 rings (SSSR count).